The summed E-state index contributed by atoms with van der Waals surface area (Å²) in [6, 6.07) is 12.0. The summed E-state index contributed by atoms with van der Waals surface area (Å²) in [5.41, 5.74) is 3.16. The summed E-state index contributed by atoms with van der Waals surface area (Å²) < 4.78 is 19.2. The van der Waals surface area contributed by atoms with Crippen LogP contribution in [0.25, 0.3) is 0 Å². The van der Waals surface area contributed by atoms with E-state index >= 15 is 0 Å². The molecule has 2 aromatic rings. The molecule has 0 aromatic heterocycles. The van der Waals surface area contributed by atoms with E-state index in [-0.39, 0.29) is 29.6 Å². The first-order chi connectivity index (χ1) is 13.9. The van der Waals surface area contributed by atoms with E-state index in [9.17, 15) is 14.0 Å². The van der Waals surface area contributed by atoms with Crippen LogP contribution in [-0.2, 0) is 14.9 Å². The molecule has 2 N–H and O–H groups in total. The molecule has 0 bridgehead atoms. The number of hydrogen-bond donors (Lipinski definition) is 2. The summed E-state index contributed by atoms with van der Waals surface area (Å²) in [4.78, 5) is 24.6. The maximum atomic E-state index is 13.7. The van der Waals surface area contributed by atoms with Crippen LogP contribution in [0.2, 0.25) is 0 Å². The summed E-state index contributed by atoms with van der Waals surface area (Å²) in [6.45, 7) is 5.32. The van der Waals surface area contributed by atoms with Crippen molar-refractivity contribution in [2.75, 3.05) is 26.3 Å². The number of ether oxygens (including phenoxy) is 1. The van der Waals surface area contributed by atoms with E-state index in [4.69, 9.17) is 4.74 Å². The highest BCUT2D eigenvalue weighted by atomic mass is 19.1. The summed E-state index contributed by atoms with van der Waals surface area (Å²) in [5.74, 6) is -0.848. The standard InChI is InChI=1S/C23H27FN2O3/c1-16-6-7-18(12-17(16)2)22(28)25-14-21(27)26-15-23(8-10-29-11-9-23)19-4-3-5-20(24)13-19/h3-7,12-13H,8-11,14-15H2,1-2H3,(H,25,28)(H,26,27). The van der Waals surface area contributed by atoms with E-state index in [1.165, 1.54) is 12.1 Å². The van der Waals surface area contributed by atoms with Crippen LogP contribution in [0.5, 0.6) is 0 Å². The van der Waals surface area contributed by atoms with Crippen molar-refractivity contribution in [1.82, 2.24) is 10.6 Å². The lowest BCUT2D eigenvalue weighted by molar-refractivity contribution is -0.120. The van der Waals surface area contributed by atoms with Gasteiger partial charge in [-0.25, -0.2) is 4.39 Å². The predicted molar refractivity (Wildman–Crippen MR) is 109 cm³/mol. The van der Waals surface area contributed by atoms with Gasteiger partial charge in [0, 0.05) is 30.7 Å². The molecule has 0 saturated carbocycles. The Hall–Kier alpha value is -2.73. The summed E-state index contributed by atoms with van der Waals surface area (Å²) in [7, 11) is 0. The van der Waals surface area contributed by atoms with Gasteiger partial charge in [-0.3, -0.25) is 9.59 Å². The van der Waals surface area contributed by atoms with Crippen LogP contribution in [0, 0.1) is 19.7 Å². The van der Waals surface area contributed by atoms with Crippen molar-refractivity contribution in [2.45, 2.75) is 32.1 Å². The van der Waals surface area contributed by atoms with Crippen molar-refractivity contribution in [2.24, 2.45) is 0 Å². The number of benzene rings is 2. The van der Waals surface area contributed by atoms with Gasteiger partial charge >= 0.3 is 0 Å². The van der Waals surface area contributed by atoms with Crippen LogP contribution in [0.3, 0.4) is 0 Å². The van der Waals surface area contributed by atoms with Crippen molar-refractivity contribution in [1.29, 1.82) is 0 Å². The molecule has 5 nitrogen and oxygen atoms in total. The lowest BCUT2D eigenvalue weighted by Crippen LogP contribution is -2.47. The van der Waals surface area contributed by atoms with Crippen LogP contribution in [0.1, 0.15) is 39.9 Å². The highest BCUT2D eigenvalue weighted by Crippen LogP contribution is 2.34. The molecule has 2 amide bonds. The molecule has 0 atom stereocenters. The second-order valence-corrected chi connectivity index (χ2v) is 7.66. The lowest BCUT2D eigenvalue weighted by Gasteiger charge is -2.38. The normalized spacial score (nSPS) is 15.6. The zero-order chi connectivity index (χ0) is 20.9. The Morgan fingerprint density at radius 2 is 1.79 bits per heavy atom. The van der Waals surface area contributed by atoms with Crippen LogP contribution >= 0.6 is 0 Å². The van der Waals surface area contributed by atoms with Crippen molar-refractivity contribution in [3.63, 3.8) is 0 Å². The third kappa shape index (κ3) is 5.21. The molecule has 1 heterocycles. The minimum atomic E-state index is -0.367. The van der Waals surface area contributed by atoms with Crippen LogP contribution < -0.4 is 10.6 Å². The van der Waals surface area contributed by atoms with Crippen molar-refractivity contribution < 1.29 is 18.7 Å². The molecule has 154 valence electrons. The monoisotopic (exact) mass is 398 g/mol. The SMILES string of the molecule is Cc1ccc(C(=O)NCC(=O)NCC2(c3cccc(F)c3)CCOCC2)cc1C. The Bertz CT molecular complexity index is 891. The Morgan fingerprint density at radius 3 is 2.48 bits per heavy atom. The number of carbonyl (C=O) groups excluding carboxylic acids is 2. The molecular weight excluding hydrogens is 371 g/mol. The zero-order valence-corrected chi connectivity index (χ0v) is 16.9. The molecule has 1 saturated heterocycles. The second-order valence-electron chi connectivity index (χ2n) is 7.66. The molecule has 2 aromatic carbocycles. The number of amides is 2. The smallest absolute Gasteiger partial charge is 0.251 e. The molecule has 29 heavy (non-hydrogen) atoms. The van der Waals surface area contributed by atoms with E-state index in [1.807, 2.05) is 32.0 Å². The van der Waals surface area contributed by atoms with Gasteiger partial charge in [0.1, 0.15) is 5.82 Å². The van der Waals surface area contributed by atoms with E-state index in [1.54, 1.807) is 12.1 Å². The highest BCUT2D eigenvalue weighted by Gasteiger charge is 2.35. The van der Waals surface area contributed by atoms with Crippen LogP contribution in [0.4, 0.5) is 4.39 Å². The quantitative estimate of drug-likeness (QED) is 0.786. The van der Waals surface area contributed by atoms with E-state index in [0.717, 1.165) is 16.7 Å². The van der Waals surface area contributed by atoms with E-state index in [0.29, 0.717) is 38.2 Å². The van der Waals surface area contributed by atoms with Gasteiger partial charge < -0.3 is 15.4 Å². The fourth-order valence-electron chi connectivity index (χ4n) is 3.62. The molecule has 6 heteroatoms. The molecule has 1 fully saturated rings. The van der Waals surface area contributed by atoms with Crippen LogP contribution in [-0.4, -0.2) is 38.1 Å². The van der Waals surface area contributed by atoms with Crippen molar-refractivity contribution in [3.05, 3.63) is 70.5 Å². The van der Waals surface area contributed by atoms with E-state index in [2.05, 4.69) is 10.6 Å². The average molecular weight is 398 g/mol. The molecular formula is C23H27FN2O3. The molecule has 0 radical (unpaired) electrons. The Morgan fingerprint density at radius 1 is 1.03 bits per heavy atom. The summed E-state index contributed by atoms with van der Waals surface area (Å²) in [6.07, 6.45) is 1.40. The number of carbonyl (C=O) groups is 2. The van der Waals surface area contributed by atoms with Gasteiger partial charge in [0.2, 0.25) is 5.91 Å². The fraction of sp³-hybridized carbons (Fsp3) is 0.391. The molecule has 1 aliphatic rings. The maximum Gasteiger partial charge on any atom is 0.251 e. The lowest BCUT2D eigenvalue weighted by atomic mass is 9.74. The first kappa shape index (κ1) is 21.0. The van der Waals surface area contributed by atoms with Gasteiger partial charge in [0.25, 0.3) is 5.91 Å². The first-order valence-corrected chi connectivity index (χ1v) is 9.86. The highest BCUT2D eigenvalue weighted by molar-refractivity contribution is 5.96. The minimum Gasteiger partial charge on any atom is -0.381 e. The van der Waals surface area contributed by atoms with Gasteiger partial charge in [-0.15, -0.1) is 0 Å². The van der Waals surface area contributed by atoms with Crippen molar-refractivity contribution >= 4 is 11.8 Å². The zero-order valence-electron chi connectivity index (χ0n) is 16.9. The Kier molecular flexibility index (Phi) is 6.64. The number of halogens is 1. The summed E-state index contributed by atoms with van der Waals surface area (Å²) in [5, 5.41) is 5.57. The van der Waals surface area contributed by atoms with E-state index < -0.39 is 0 Å². The van der Waals surface area contributed by atoms with Crippen molar-refractivity contribution in [3.8, 4) is 0 Å². The third-order valence-electron chi connectivity index (χ3n) is 5.69. The first-order valence-electron chi connectivity index (χ1n) is 9.86. The molecule has 0 unspecified atom stereocenters. The number of rotatable bonds is 6. The predicted octanol–water partition coefficient (Wildman–Crippen LogP) is 3.04. The fourth-order valence-corrected chi connectivity index (χ4v) is 3.62. The number of nitrogens with one attached hydrogen (secondary N) is 2. The maximum absolute atomic E-state index is 13.7. The second kappa shape index (κ2) is 9.18. The summed E-state index contributed by atoms with van der Waals surface area (Å²) >= 11 is 0. The third-order valence-corrected chi connectivity index (χ3v) is 5.69. The van der Waals surface area contributed by atoms with Gasteiger partial charge in [-0.2, -0.15) is 0 Å². The molecule has 0 spiro atoms. The van der Waals surface area contributed by atoms with Gasteiger partial charge in [-0.05, 0) is 67.6 Å². The minimum absolute atomic E-state index is 0.110. The average Bonchev–Trinajstić information content (AvgIpc) is 2.73. The number of hydrogen-bond acceptors (Lipinski definition) is 3. The van der Waals surface area contributed by atoms with Gasteiger partial charge in [0.05, 0.1) is 6.54 Å². The molecule has 3 rings (SSSR count). The number of aryl methyl sites for hydroxylation is 2. The Labute approximate surface area is 170 Å². The molecule has 0 aliphatic carbocycles. The van der Waals surface area contributed by atoms with Gasteiger partial charge in [-0.1, -0.05) is 18.2 Å². The molecule has 1 aliphatic heterocycles. The van der Waals surface area contributed by atoms with Crippen LogP contribution in [0.15, 0.2) is 42.5 Å². The van der Waals surface area contributed by atoms with Gasteiger partial charge in [0.15, 0.2) is 0 Å². The largest absolute Gasteiger partial charge is 0.381 e. The topological polar surface area (TPSA) is 67.4 Å². The Balaban J connectivity index is 1.59.